The fourth-order valence-electron chi connectivity index (χ4n) is 2.08. The number of nitrogens with zero attached hydrogens (tertiary/aromatic N) is 2. The Morgan fingerprint density at radius 1 is 1.21 bits per heavy atom. The lowest BCUT2D eigenvalue weighted by atomic mass is 10.1. The van der Waals surface area contributed by atoms with Crippen LogP contribution in [-0.2, 0) is 17.6 Å². The minimum atomic E-state index is 0.113. The Labute approximate surface area is 112 Å². The van der Waals surface area contributed by atoms with Crippen LogP contribution in [0.4, 0.5) is 0 Å². The van der Waals surface area contributed by atoms with E-state index in [-0.39, 0.29) is 12.2 Å². The molecule has 0 fully saturated rings. The van der Waals surface area contributed by atoms with Crippen LogP contribution in [-0.4, -0.2) is 15.9 Å². The van der Waals surface area contributed by atoms with Gasteiger partial charge in [-0.2, -0.15) is 4.98 Å². The Balaban J connectivity index is 2.09. The lowest BCUT2D eigenvalue weighted by Crippen LogP contribution is -2.00. The van der Waals surface area contributed by atoms with Crippen molar-refractivity contribution in [3.8, 4) is 0 Å². The molecule has 1 aromatic heterocycles. The summed E-state index contributed by atoms with van der Waals surface area (Å²) in [4.78, 5) is 15.6. The predicted molar refractivity (Wildman–Crippen MR) is 72.0 cm³/mol. The van der Waals surface area contributed by atoms with Crippen molar-refractivity contribution in [2.24, 2.45) is 0 Å². The van der Waals surface area contributed by atoms with Crippen LogP contribution in [0.15, 0.2) is 22.7 Å². The number of carbonyl (C=O) groups is 1. The molecule has 0 aliphatic rings. The zero-order valence-corrected chi connectivity index (χ0v) is 11.6. The highest BCUT2D eigenvalue weighted by Crippen LogP contribution is 2.12. The zero-order chi connectivity index (χ0) is 13.8. The topological polar surface area (TPSA) is 56.0 Å². The second-order valence-electron chi connectivity index (χ2n) is 4.85. The molecule has 1 aromatic carbocycles. The Kier molecular flexibility index (Phi) is 4.10. The largest absolute Gasteiger partial charge is 0.339 e. The van der Waals surface area contributed by atoms with Crippen molar-refractivity contribution >= 4 is 5.78 Å². The minimum Gasteiger partial charge on any atom is -0.339 e. The van der Waals surface area contributed by atoms with E-state index in [4.69, 9.17) is 4.52 Å². The number of Topliss-reactive ketones (excluding diaryl/α,β-unsaturated/α-hetero) is 1. The maximum atomic E-state index is 11.3. The molecule has 0 spiro atoms. The number of hydrogen-bond donors (Lipinski definition) is 0. The van der Waals surface area contributed by atoms with Gasteiger partial charge >= 0.3 is 0 Å². The van der Waals surface area contributed by atoms with Crippen LogP contribution in [0, 0.1) is 13.8 Å². The number of aryl methyl sites for hydroxylation is 2. The molecule has 0 saturated carbocycles. The number of carbonyl (C=O) groups excluding carboxylic acids is 1. The molecule has 4 nitrogen and oxygen atoms in total. The van der Waals surface area contributed by atoms with Crippen molar-refractivity contribution < 1.29 is 9.32 Å². The number of benzene rings is 1. The van der Waals surface area contributed by atoms with Crippen molar-refractivity contribution in [2.45, 2.75) is 40.0 Å². The highest BCUT2D eigenvalue weighted by molar-refractivity contribution is 5.79. The summed E-state index contributed by atoms with van der Waals surface area (Å²) >= 11 is 0. The molecule has 0 aliphatic carbocycles. The van der Waals surface area contributed by atoms with Gasteiger partial charge in [0.2, 0.25) is 5.89 Å². The van der Waals surface area contributed by atoms with Crippen LogP contribution in [0.25, 0.3) is 0 Å². The standard InChI is InChI=1S/C15H18N2O2/c1-4-13(18)9-15-16-14(17-19-15)8-12-6-10(2)5-11(3)7-12/h5-7H,4,8-9H2,1-3H3. The van der Waals surface area contributed by atoms with Crippen LogP contribution in [0.3, 0.4) is 0 Å². The first-order chi connectivity index (χ1) is 9.06. The van der Waals surface area contributed by atoms with Crippen molar-refractivity contribution in [1.29, 1.82) is 0 Å². The van der Waals surface area contributed by atoms with Crippen LogP contribution in [0.1, 0.15) is 41.8 Å². The summed E-state index contributed by atoms with van der Waals surface area (Å²) in [6.45, 7) is 5.96. The second-order valence-corrected chi connectivity index (χ2v) is 4.85. The summed E-state index contributed by atoms with van der Waals surface area (Å²) in [5, 5.41) is 3.92. The van der Waals surface area contributed by atoms with Gasteiger partial charge in [-0.25, -0.2) is 0 Å². The van der Waals surface area contributed by atoms with E-state index in [0.717, 1.165) is 5.56 Å². The molecule has 0 bridgehead atoms. The third kappa shape index (κ3) is 3.74. The molecule has 2 rings (SSSR count). The van der Waals surface area contributed by atoms with E-state index in [1.54, 1.807) is 0 Å². The van der Waals surface area contributed by atoms with Gasteiger partial charge in [0.15, 0.2) is 5.82 Å². The van der Waals surface area contributed by atoms with E-state index in [9.17, 15) is 4.79 Å². The van der Waals surface area contributed by atoms with E-state index in [1.165, 1.54) is 11.1 Å². The molecule has 0 atom stereocenters. The highest BCUT2D eigenvalue weighted by Gasteiger charge is 2.10. The molecular weight excluding hydrogens is 240 g/mol. The van der Waals surface area contributed by atoms with Crippen LogP contribution in [0.2, 0.25) is 0 Å². The van der Waals surface area contributed by atoms with Gasteiger partial charge in [0.1, 0.15) is 5.78 Å². The normalized spacial score (nSPS) is 10.7. The molecule has 0 radical (unpaired) electrons. The van der Waals surface area contributed by atoms with E-state index in [2.05, 4.69) is 42.2 Å². The molecule has 0 saturated heterocycles. The Bertz CT molecular complexity index is 567. The number of ketones is 1. The zero-order valence-electron chi connectivity index (χ0n) is 11.6. The van der Waals surface area contributed by atoms with Gasteiger partial charge in [-0.05, 0) is 19.4 Å². The van der Waals surface area contributed by atoms with E-state index in [1.807, 2.05) is 6.92 Å². The van der Waals surface area contributed by atoms with Crippen molar-refractivity contribution in [2.75, 3.05) is 0 Å². The van der Waals surface area contributed by atoms with E-state index < -0.39 is 0 Å². The maximum Gasteiger partial charge on any atom is 0.234 e. The molecule has 0 unspecified atom stereocenters. The lowest BCUT2D eigenvalue weighted by Gasteiger charge is -2.01. The molecule has 0 N–H and O–H groups in total. The third-order valence-corrected chi connectivity index (χ3v) is 2.90. The third-order valence-electron chi connectivity index (χ3n) is 2.90. The predicted octanol–water partition coefficient (Wildman–Crippen LogP) is 2.80. The summed E-state index contributed by atoms with van der Waals surface area (Å²) < 4.78 is 5.09. The number of rotatable bonds is 5. The van der Waals surface area contributed by atoms with Gasteiger partial charge in [0.25, 0.3) is 0 Å². The van der Waals surface area contributed by atoms with Crippen LogP contribution < -0.4 is 0 Å². The second kappa shape index (κ2) is 5.78. The van der Waals surface area contributed by atoms with Gasteiger partial charge in [0, 0.05) is 12.8 Å². The first-order valence-corrected chi connectivity index (χ1v) is 6.47. The summed E-state index contributed by atoms with van der Waals surface area (Å²) in [6, 6.07) is 6.35. The minimum absolute atomic E-state index is 0.113. The molecule has 19 heavy (non-hydrogen) atoms. The van der Waals surface area contributed by atoms with Gasteiger partial charge in [0.05, 0.1) is 6.42 Å². The van der Waals surface area contributed by atoms with Gasteiger partial charge in [-0.15, -0.1) is 0 Å². The summed E-state index contributed by atoms with van der Waals surface area (Å²) in [5.74, 6) is 1.15. The quantitative estimate of drug-likeness (QED) is 0.827. The fourth-order valence-corrected chi connectivity index (χ4v) is 2.08. The maximum absolute atomic E-state index is 11.3. The SMILES string of the molecule is CCC(=O)Cc1nc(Cc2cc(C)cc(C)c2)no1. The van der Waals surface area contributed by atoms with Gasteiger partial charge in [-0.3, -0.25) is 4.79 Å². The average molecular weight is 258 g/mol. The molecule has 0 amide bonds. The molecule has 1 heterocycles. The average Bonchev–Trinajstić information content (AvgIpc) is 2.74. The Morgan fingerprint density at radius 2 is 1.89 bits per heavy atom. The summed E-state index contributed by atoms with van der Waals surface area (Å²) in [6.07, 6.45) is 1.36. The molecule has 0 aliphatic heterocycles. The Morgan fingerprint density at radius 3 is 2.53 bits per heavy atom. The van der Waals surface area contributed by atoms with Gasteiger partial charge in [-0.1, -0.05) is 41.4 Å². The smallest absolute Gasteiger partial charge is 0.234 e. The molecule has 100 valence electrons. The van der Waals surface area contributed by atoms with Crippen molar-refractivity contribution in [3.05, 3.63) is 46.6 Å². The van der Waals surface area contributed by atoms with Crippen molar-refractivity contribution in [3.63, 3.8) is 0 Å². The first-order valence-electron chi connectivity index (χ1n) is 6.47. The highest BCUT2D eigenvalue weighted by atomic mass is 16.5. The molecule has 2 aromatic rings. The van der Waals surface area contributed by atoms with Gasteiger partial charge < -0.3 is 4.52 Å². The fraction of sp³-hybridized carbons (Fsp3) is 0.400. The molecular formula is C15H18N2O2. The number of hydrogen-bond acceptors (Lipinski definition) is 4. The number of aromatic nitrogens is 2. The van der Waals surface area contributed by atoms with Crippen LogP contribution in [0.5, 0.6) is 0 Å². The molecule has 4 heteroatoms. The monoisotopic (exact) mass is 258 g/mol. The summed E-state index contributed by atoms with van der Waals surface area (Å²) in [7, 11) is 0. The van der Waals surface area contributed by atoms with E-state index >= 15 is 0 Å². The Hall–Kier alpha value is -1.97. The van der Waals surface area contributed by atoms with Crippen molar-refractivity contribution in [1.82, 2.24) is 10.1 Å². The summed E-state index contributed by atoms with van der Waals surface area (Å²) in [5.41, 5.74) is 3.60. The first kappa shape index (κ1) is 13.5. The lowest BCUT2D eigenvalue weighted by molar-refractivity contribution is -0.118. The van der Waals surface area contributed by atoms with Crippen LogP contribution >= 0.6 is 0 Å². The van der Waals surface area contributed by atoms with E-state index in [0.29, 0.717) is 24.6 Å².